The highest BCUT2D eigenvalue weighted by molar-refractivity contribution is 5.64. The molecular weight excluding hydrogens is 408 g/mol. The lowest BCUT2D eigenvalue weighted by molar-refractivity contribution is -0.0347. The van der Waals surface area contributed by atoms with Gasteiger partial charge < -0.3 is 19.1 Å². The summed E-state index contributed by atoms with van der Waals surface area (Å²) in [6, 6.07) is 6.02. The zero-order valence-corrected chi connectivity index (χ0v) is 18.9. The number of nitrogens with zero attached hydrogens (tertiary/aromatic N) is 6. The highest BCUT2D eigenvalue weighted by Crippen LogP contribution is 2.32. The van der Waals surface area contributed by atoms with Crippen molar-refractivity contribution in [3.8, 4) is 22.6 Å². The lowest BCUT2D eigenvalue weighted by Gasteiger charge is -2.33. The van der Waals surface area contributed by atoms with E-state index in [1.807, 2.05) is 37.3 Å². The van der Waals surface area contributed by atoms with Crippen molar-refractivity contribution in [1.82, 2.24) is 24.8 Å². The minimum absolute atomic E-state index is 0.194. The summed E-state index contributed by atoms with van der Waals surface area (Å²) in [6.45, 7) is 2.93. The number of morpholine rings is 1. The summed E-state index contributed by atoms with van der Waals surface area (Å²) in [5, 5.41) is 0. The van der Waals surface area contributed by atoms with Gasteiger partial charge in [0.15, 0.2) is 11.5 Å². The van der Waals surface area contributed by atoms with Gasteiger partial charge >= 0.3 is 0 Å². The maximum absolute atomic E-state index is 6.17. The molecule has 1 aliphatic heterocycles. The van der Waals surface area contributed by atoms with Crippen molar-refractivity contribution in [3.05, 3.63) is 54.4 Å². The van der Waals surface area contributed by atoms with Crippen molar-refractivity contribution in [1.29, 1.82) is 0 Å². The number of aromatic nitrogens is 4. The van der Waals surface area contributed by atoms with E-state index in [9.17, 15) is 0 Å². The van der Waals surface area contributed by atoms with Crippen LogP contribution in [0.15, 0.2) is 43.1 Å². The predicted octanol–water partition coefficient (Wildman–Crippen LogP) is 2.59. The van der Waals surface area contributed by atoms with Gasteiger partial charge in [0.05, 0.1) is 26.5 Å². The van der Waals surface area contributed by atoms with Gasteiger partial charge in [0.2, 0.25) is 5.95 Å². The minimum Gasteiger partial charge on any atom is -0.493 e. The van der Waals surface area contributed by atoms with Crippen LogP contribution in [0.4, 0.5) is 5.95 Å². The van der Waals surface area contributed by atoms with Crippen molar-refractivity contribution in [2.24, 2.45) is 0 Å². The van der Waals surface area contributed by atoms with Crippen LogP contribution in [0, 0.1) is 0 Å². The summed E-state index contributed by atoms with van der Waals surface area (Å²) in [7, 11) is 7.15. The number of methoxy groups -OCH3 is 2. The molecule has 0 aliphatic carbocycles. The molecule has 9 heteroatoms. The molecule has 4 rings (SSSR count). The van der Waals surface area contributed by atoms with E-state index in [2.05, 4.69) is 25.9 Å². The molecule has 0 saturated carbocycles. The number of anilines is 1. The molecule has 0 N–H and O–H groups in total. The first kappa shape index (κ1) is 21.9. The third kappa shape index (κ3) is 4.79. The Kier molecular flexibility index (Phi) is 6.77. The minimum atomic E-state index is -0.194. The number of benzene rings is 1. The van der Waals surface area contributed by atoms with Gasteiger partial charge in [0.25, 0.3) is 0 Å². The molecule has 0 bridgehead atoms. The van der Waals surface area contributed by atoms with Crippen LogP contribution in [0.2, 0.25) is 0 Å². The fourth-order valence-corrected chi connectivity index (χ4v) is 3.76. The van der Waals surface area contributed by atoms with E-state index in [1.165, 1.54) is 6.33 Å². The predicted molar refractivity (Wildman–Crippen MR) is 121 cm³/mol. The van der Waals surface area contributed by atoms with Gasteiger partial charge in [0, 0.05) is 63.4 Å². The summed E-state index contributed by atoms with van der Waals surface area (Å²) < 4.78 is 17.0. The van der Waals surface area contributed by atoms with Gasteiger partial charge in [-0.3, -0.25) is 4.90 Å². The number of rotatable bonds is 7. The molecule has 9 nitrogen and oxygen atoms in total. The highest BCUT2D eigenvalue weighted by atomic mass is 16.5. The highest BCUT2D eigenvalue weighted by Gasteiger charge is 2.27. The average molecular weight is 437 g/mol. The van der Waals surface area contributed by atoms with Crippen molar-refractivity contribution in [2.75, 3.05) is 52.9 Å². The normalized spacial score (nSPS) is 16.6. The van der Waals surface area contributed by atoms with E-state index >= 15 is 0 Å². The molecule has 3 aromatic rings. The van der Waals surface area contributed by atoms with E-state index in [-0.39, 0.29) is 6.10 Å². The van der Waals surface area contributed by atoms with Gasteiger partial charge in [-0.1, -0.05) is 6.07 Å². The summed E-state index contributed by atoms with van der Waals surface area (Å²) in [6.07, 6.45) is 6.69. The molecule has 0 radical (unpaired) electrons. The van der Waals surface area contributed by atoms with Gasteiger partial charge in [-0.25, -0.2) is 19.9 Å². The maximum Gasteiger partial charge on any atom is 0.225 e. The van der Waals surface area contributed by atoms with Gasteiger partial charge in [0.1, 0.15) is 12.4 Å². The second-order valence-corrected chi connectivity index (χ2v) is 7.77. The van der Waals surface area contributed by atoms with Crippen molar-refractivity contribution < 1.29 is 14.2 Å². The maximum atomic E-state index is 6.17. The van der Waals surface area contributed by atoms with Crippen molar-refractivity contribution in [3.63, 3.8) is 0 Å². The Hall–Kier alpha value is -3.30. The number of ether oxygens (including phenoxy) is 3. The van der Waals surface area contributed by atoms with Crippen molar-refractivity contribution >= 4 is 5.95 Å². The lowest BCUT2D eigenvalue weighted by Crippen LogP contribution is -2.38. The smallest absolute Gasteiger partial charge is 0.225 e. The Bertz CT molecular complexity index is 1050. The van der Waals surface area contributed by atoms with Crippen LogP contribution >= 0.6 is 0 Å². The van der Waals surface area contributed by atoms with E-state index in [1.54, 1.807) is 26.6 Å². The summed E-state index contributed by atoms with van der Waals surface area (Å²) in [5.41, 5.74) is 3.75. The molecule has 1 aromatic carbocycles. The SMILES string of the molecule is COc1ccc(CN2CCO[C@@H](c3nc(N(C)C)ncc3-c3cncnc3)C2)cc1OC. The van der Waals surface area contributed by atoms with E-state index in [4.69, 9.17) is 19.2 Å². The first-order valence-electron chi connectivity index (χ1n) is 10.4. The monoisotopic (exact) mass is 436 g/mol. The lowest BCUT2D eigenvalue weighted by atomic mass is 10.0. The third-order valence-electron chi connectivity index (χ3n) is 5.39. The Morgan fingerprint density at radius 2 is 1.88 bits per heavy atom. The van der Waals surface area contributed by atoms with Crippen LogP contribution < -0.4 is 14.4 Å². The molecule has 1 aliphatic rings. The van der Waals surface area contributed by atoms with E-state index < -0.39 is 0 Å². The summed E-state index contributed by atoms with van der Waals surface area (Å²) >= 11 is 0. The average Bonchev–Trinajstić information content (AvgIpc) is 2.84. The molecule has 2 aromatic heterocycles. The molecular formula is C23H28N6O3. The van der Waals surface area contributed by atoms with Crippen LogP contribution in [0.5, 0.6) is 11.5 Å². The molecule has 0 amide bonds. The van der Waals surface area contributed by atoms with Gasteiger partial charge in [-0.05, 0) is 17.7 Å². The summed E-state index contributed by atoms with van der Waals surface area (Å²) in [5.74, 6) is 2.09. The molecule has 0 spiro atoms. The largest absolute Gasteiger partial charge is 0.493 e. The van der Waals surface area contributed by atoms with Gasteiger partial charge in [-0.2, -0.15) is 0 Å². The third-order valence-corrected chi connectivity index (χ3v) is 5.39. The molecule has 3 heterocycles. The first-order valence-corrected chi connectivity index (χ1v) is 10.4. The Labute approximate surface area is 188 Å². The molecule has 168 valence electrons. The Morgan fingerprint density at radius 1 is 1.09 bits per heavy atom. The van der Waals surface area contributed by atoms with Crippen LogP contribution in [0.25, 0.3) is 11.1 Å². The van der Waals surface area contributed by atoms with Gasteiger partial charge in [-0.15, -0.1) is 0 Å². The summed E-state index contributed by atoms with van der Waals surface area (Å²) in [4.78, 5) is 21.9. The van der Waals surface area contributed by atoms with Crippen LogP contribution in [-0.4, -0.2) is 72.8 Å². The quantitative estimate of drug-likeness (QED) is 0.555. The topological polar surface area (TPSA) is 85.7 Å². The Morgan fingerprint density at radius 3 is 2.59 bits per heavy atom. The first-order chi connectivity index (χ1) is 15.6. The second-order valence-electron chi connectivity index (χ2n) is 7.77. The van der Waals surface area contributed by atoms with E-state index in [0.29, 0.717) is 19.1 Å². The molecule has 1 atom stereocenters. The Balaban J connectivity index is 1.59. The molecule has 1 saturated heterocycles. The van der Waals surface area contributed by atoms with E-state index in [0.717, 1.165) is 47.0 Å². The molecule has 0 unspecified atom stereocenters. The van der Waals surface area contributed by atoms with Crippen molar-refractivity contribution in [2.45, 2.75) is 12.6 Å². The standard InChI is InChI=1S/C23H28N6O3/c1-28(2)23-26-12-18(17-10-24-15-25-11-17)22(27-23)21-14-29(7-8-32-21)13-16-5-6-19(30-3)20(9-16)31-4/h5-6,9-12,15,21H,7-8,13-14H2,1-4H3/t21-/m1/s1. The van der Waals surface area contributed by atoms with Crippen LogP contribution in [0.1, 0.15) is 17.4 Å². The van der Waals surface area contributed by atoms with Crippen LogP contribution in [0.3, 0.4) is 0 Å². The zero-order valence-electron chi connectivity index (χ0n) is 18.9. The number of hydrogen-bond acceptors (Lipinski definition) is 9. The second kappa shape index (κ2) is 9.88. The fourth-order valence-electron chi connectivity index (χ4n) is 3.76. The van der Waals surface area contributed by atoms with Crippen LogP contribution in [-0.2, 0) is 11.3 Å². The molecule has 1 fully saturated rings. The fraction of sp³-hybridized carbons (Fsp3) is 0.391. The number of hydrogen-bond donors (Lipinski definition) is 0. The zero-order chi connectivity index (χ0) is 22.5. The molecule has 32 heavy (non-hydrogen) atoms.